The first kappa shape index (κ1) is 14.8. The summed E-state index contributed by atoms with van der Waals surface area (Å²) in [7, 11) is 0. The van der Waals surface area contributed by atoms with Crippen LogP contribution in [0.15, 0.2) is 24.3 Å². The minimum absolute atomic E-state index is 0.329. The number of nitrogens with zero attached hydrogens (tertiary/aromatic N) is 2. The summed E-state index contributed by atoms with van der Waals surface area (Å²) in [5.41, 5.74) is 0.657. The fourth-order valence-corrected chi connectivity index (χ4v) is 2.50. The van der Waals surface area contributed by atoms with E-state index in [-0.39, 0.29) is 0 Å². The zero-order valence-corrected chi connectivity index (χ0v) is 11.8. The highest BCUT2D eigenvalue weighted by atomic mass is 16.5. The van der Waals surface area contributed by atoms with Gasteiger partial charge in [0.05, 0.1) is 18.2 Å². The summed E-state index contributed by atoms with van der Waals surface area (Å²) in [6.07, 6.45) is 3.21. The third-order valence-electron chi connectivity index (χ3n) is 3.84. The van der Waals surface area contributed by atoms with Gasteiger partial charge in [-0.1, -0.05) is 0 Å². The Morgan fingerprint density at radius 1 is 1.25 bits per heavy atom. The highest BCUT2D eigenvalue weighted by molar-refractivity contribution is 5.34. The number of piperidine rings is 1. The van der Waals surface area contributed by atoms with E-state index in [4.69, 9.17) is 15.1 Å². The summed E-state index contributed by atoms with van der Waals surface area (Å²) in [5.74, 6) is 1.32. The lowest BCUT2D eigenvalue weighted by Crippen LogP contribution is -2.35. The molecule has 0 spiro atoms. The Balaban J connectivity index is 1.60. The van der Waals surface area contributed by atoms with E-state index >= 15 is 0 Å². The number of hydrogen-bond acceptors (Lipinski definition) is 4. The molecule has 20 heavy (non-hydrogen) atoms. The van der Waals surface area contributed by atoms with E-state index in [0.717, 1.165) is 44.6 Å². The van der Waals surface area contributed by atoms with Gasteiger partial charge >= 0.3 is 0 Å². The third kappa shape index (κ3) is 4.52. The number of benzene rings is 1. The van der Waals surface area contributed by atoms with Crippen LogP contribution in [0.2, 0.25) is 0 Å². The van der Waals surface area contributed by atoms with Crippen molar-refractivity contribution in [2.45, 2.75) is 19.3 Å². The quantitative estimate of drug-likeness (QED) is 0.806. The maximum atomic E-state index is 9.10. The van der Waals surface area contributed by atoms with Crippen LogP contribution >= 0.6 is 0 Å². The number of aliphatic hydroxyl groups excluding tert-OH is 1. The summed E-state index contributed by atoms with van der Waals surface area (Å²) in [6.45, 7) is 4.25. The van der Waals surface area contributed by atoms with Gasteiger partial charge in [0.1, 0.15) is 5.75 Å². The topological polar surface area (TPSA) is 56.5 Å². The number of aliphatic hydroxyl groups is 1. The SMILES string of the molecule is N#Cc1ccc(OCCCN2CCC(CO)CC2)cc1. The predicted molar refractivity (Wildman–Crippen MR) is 77.5 cm³/mol. The van der Waals surface area contributed by atoms with Gasteiger partial charge in [-0.2, -0.15) is 5.26 Å². The van der Waals surface area contributed by atoms with Gasteiger partial charge in [-0.05, 0) is 62.5 Å². The summed E-state index contributed by atoms with van der Waals surface area (Å²) < 4.78 is 5.66. The van der Waals surface area contributed by atoms with Gasteiger partial charge in [-0.15, -0.1) is 0 Å². The molecule has 4 nitrogen and oxygen atoms in total. The first-order valence-electron chi connectivity index (χ1n) is 7.28. The van der Waals surface area contributed by atoms with Crippen LogP contribution in [-0.4, -0.2) is 42.9 Å². The summed E-state index contributed by atoms with van der Waals surface area (Å²) in [5, 5.41) is 17.8. The van der Waals surface area contributed by atoms with Crippen molar-refractivity contribution in [2.24, 2.45) is 5.92 Å². The minimum Gasteiger partial charge on any atom is -0.494 e. The molecule has 0 unspecified atom stereocenters. The second kappa shape index (κ2) is 7.88. The van der Waals surface area contributed by atoms with Gasteiger partial charge in [-0.3, -0.25) is 0 Å². The van der Waals surface area contributed by atoms with E-state index in [1.165, 1.54) is 0 Å². The molecule has 1 saturated heterocycles. The van der Waals surface area contributed by atoms with Gasteiger partial charge in [-0.25, -0.2) is 0 Å². The molecular formula is C16H22N2O2. The number of hydrogen-bond donors (Lipinski definition) is 1. The molecule has 0 atom stereocenters. The predicted octanol–water partition coefficient (Wildman–Crippen LogP) is 2.03. The van der Waals surface area contributed by atoms with Crippen molar-refractivity contribution in [3.63, 3.8) is 0 Å². The Kier molecular flexibility index (Phi) is 5.85. The van der Waals surface area contributed by atoms with Crippen molar-refractivity contribution in [1.29, 1.82) is 5.26 Å². The lowest BCUT2D eigenvalue weighted by molar-refractivity contribution is 0.126. The van der Waals surface area contributed by atoms with Crippen molar-refractivity contribution in [2.75, 3.05) is 32.8 Å². The van der Waals surface area contributed by atoms with Gasteiger partial charge in [0, 0.05) is 13.2 Å². The normalized spacial score (nSPS) is 16.8. The number of nitriles is 1. The van der Waals surface area contributed by atoms with E-state index in [2.05, 4.69) is 11.0 Å². The van der Waals surface area contributed by atoms with Gasteiger partial charge in [0.25, 0.3) is 0 Å². The maximum absolute atomic E-state index is 9.10. The summed E-state index contributed by atoms with van der Waals surface area (Å²) in [6, 6.07) is 9.32. The van der Waals surface area contributed by atoms with Crippen molar-refractivity contribution in [1.82, 2.24) is 4.90 Å². The van der Waals surface area contributed by atoms with Crippen molar-refractivity contribution >= 4 is 0 Å². The van der Waals surface area contributed by atoms with E-state index < -0.39 is 0 Å². The maximum Gasteiger partial charge on any atom is 0.119 e. The van der Waals surface area contributed by atoms with E-state index in [1.807, 2.05) is 12.1 Å². The Morgan fingerprint density at radius 3 is 2.55 bits per heavy atom. The first-order valence-corrected chi connectivity index (χ1v) is 7.28. The van der Waals surface area contributed by atoms with E-state index in [9.17, 15) is 0 Å². The Hall–Kier alpha value is -1.57. The van der Waals surface area contributed by atoms with Crippen LogP contribution in [0.5, 0.6) is 5.75 Å². The molecule has 0 aromatic heterocycles. The molecular weight excluding hydrogens is 252 g/mol. The van der Waals surface area contributed by atoms with Crippen LogP contribution in [0.25, 0.3) is 0 Å². The molecule has 1 aromatic rings. The number of ether oxygens (including phenoxy) is 1. The lowest BCUT2D eigenvalue weighted by atomic mass is 9.98. The molecule has 1 fully saturated rings. The van der Waals surface area contributed by atoms with Gasteiger partial charge in [0.2, 0.25) is 0 Å². The molecule has 1 aromatic carbocycles. The standard InChI is InChI=1S/C16H22N2O2/c17-12-14-2-4-16(5-3-14)20-11-1-8-18-9-6-15(13-19)7-10-18/h2-5,15,19H,1,6-11,13H2. The Morgan fingerprint density at radius 2 is 1.95 bits per heavy atom. The third-order valence-corrected chi connectivity index (χ3v) is 3.84. The molecule has 0 aliphatic carbocycles. The van der Waals surface area contributed by atoms with Crippen LogP contribution in [0.1, 0.15) is 24.8 Å². The van der Waals surface area contributed by atoms with Crippen LogP contribution in [0.4, 0.5) is 0 Å². The van der Waals surface area contributed by atoms with E-state index in [1.54, 1.807) is 12.1 Å². The molecule has 0 radical (unpaired) electrons. The molecule has 108 valence electrons. The van der Waals surface area contributed by atoms with Crippen molar-refractivity contribution in [3.05, 3.63) is 29.8 Å². The second-order valence-electron chi connectivity index (χ2n) is 5.31. The number of rotatable bonds is 6. The van der Waals surface area contributed by atoms with Crippen LogP contribution < -0.4 is 4.74 Å². The van der Waals surface area contributed by atoms with E-state index in [0.29, 0.717) is 24.7 Å². The average Bonchev–Trinajstić information content (AvgIpc) is 2.53. The minimum atomic E-state index is 0.329. The second-order valence-corrected chi connectivity index (χ2v) is 5.31. The largest absolute Gasteiger partial charge is 0.494 e. The molecule has 4 heteroatoms. The summed E-state index contributed by atoms with van der Waals surface area (Å²) >= 11 is 0. The first-order chi connectivity index (χ1) is 9.81. The fourth-order valence-electron chi connectivity index (χ4n) is 2.50. The Labute approximate surface area is 120 Å². The molecule has 1 aliphatic heterocycles. The zero-order chi connectivity index (χ0) is 14.2. The van der Waals surface area contributed by atoms with Crippen molar-refractivity contribution < 1.29 is 9.84 Å². The van der Waals surface area contributed by atoms with Crippen LogP contribution in [0, 0.1) is 17.2 Å². The molecule has 0 bridgehead atoms. The molecule has 0 saturated carbocycles. The monoisotopic (exact) mass is 274 g/mol. The average molecular weight is 274 g/mol. The smallest absolute Gasteiger partial charge is 0.119 e. The molecule has 1 aliphatic rings. The lowest BCUT2D eigenvalue weighted by Gasteiger charge is -2.30. The Bertz CT molecular complexity index is 431. The highest BCUT2D eigenvalue weighted by Crippen LogP contribution is 2.16. The van der Waals surface area contributed by atoms with Gasteiger partial charge in [0.15, 0.2) is 0 Å². The molecule has 1 N–H and O–H groups in total. The number of likely N-dealkylation sites (tertiary alicyclic amines) is 1. The highest BCUT2D eigenvalue weighted by Gasteiger charge is 2.17. The van der Waals surface area contributed by atoms with Crippen LogP contribution in [0.3, 0.4) is 0 Å². The molecule has 0 amide bonds. The zero-order valence-electron chi connectivity index (χ0n) is 11.8. The molecule has 1 heterocycles. The molecule has 2 rings (SSSR count). The van der Waals surface area contributed by atoms with Crippen molar-refractivity contribution in [3.8, 4) is 11.8 Å². The summed E-state index contributed by atoms with van der Waals surface area (Å²) in [4.78, 5) is 2.44. The van der Waals surface area contributed by atoms with Gasteiger partial charge < -0.3 is 14.7 Å². The fraction of sp³-hybridized carbons (Fsp3) is 0.562. The van der Waals surface area contributed by atoms with Crippen LogP contribution in [-0.2, 0) is 0 Å².